The van der Waals surface area contributed by atoms with Crippen molar-refractivity contribution in [2.45, 2.75) is 6.54 Å². The van der Waals surface area contributed by atoms with Crippen LogP contribution in [0.4, 0.5) is 0 Å². The number of carbonyl (C=O) groups is 2. The summed E-state index contributed by atoms with van der Waals surface area (Å²) in [6.45, 7) is -0.0554. The molecule has 0 unspecified atom stereocenters. The van der Waals surface area contributed by atoms with Crippen molar-refractivity contribution in [3.8, 4) is 0 Å². The molecule has 0 bridgehead atoms. The summed E-state index contributed by atoms with van der Waals surface area (Å²) >= 11 is 10.9. The van der Waals surface area contributed by atoms with Gasteiger partial charge in [0.25, 0.3) is 11.8 Å². The highest BCUT2D eigenvalue weighted by Gasteiger charge is 2.27. The average Bonchev–Trinajstić information content (AvgIpc) is 2.35. The number of morpholine rings is 1. The lowest BCUT2D eigenvalue weighted by Crippen LogP contribution is -2.45. The van der Waals surface area contributed by atoms with Gasteiger partial charge in [-0.3, -0.25) is 14.5 Å². The Morgan fingerprint density at radius 1 is 1.37 bits per heavy atom. The molecule has 1 aliphatic heterocycles. The van der Waals surface area contributed by atoms with Crippen molar-refractivity contribution in [2.75, 3.05) is 13.2 Å². The first-order valence-corrected chi connectivity index (χ1v) is 6.27. The minimum Gasteiger partial charge on any atom is -0.389 e. The SMILES string of the molecule is NC(=S)c1ccc(CN2C(=O)COCC2=O)c(Cl)c1. The van der Waals surface area contributed by atoms with Crippen LogP contribution in [-0.4, -0.2) is 34.9 Å². The van der Waals surface area contributed by atoms with Crippen molar-refractivity contribution in [1.29, 1.82) is 0 Å². The summed E-state index contributed by atoms with van der Waals surface area (Å²) < 4.78 is 4.84. The van der Waals surface area contributed by atoms with Gasteiger partial charge in [-0.2, -0.15) is 0 Å². The molecular weight excluding hydrogens is 288 g/mol. The first-order valence-electron chi connectivity index (χ1n) is 5.48. The zero-order chi connectivity index (χ0) is 14.0. The summed E-state index contributed by atoms with van der Waals surface area (Å²) in [7, 11) is 0. The van der Waals surface area contributed by atoms with Crippen LogP contribution in [0.3, 0.4) is 0 Å². The smallest absolute Gasteiger partial charge is 0.255 e. The van der Waals surface area contributed by atoms with E-state index in [9.17, 15) is 9.59 Å². The van der Waals surface area contributed by atoms with Crippen molar-refractivity contribution >= 4 is 40.6 Å². The van der Waals surface area contributed by atoms with Gasteiger partial charge in [-0.15, -0.1) is 0 Å². The maximum atomic E-state index is 11.6. The van der Waals surface area contributed by atoms with Gasteiger partial charge in [0.1, 0.15) is 18.2 Å². The van der Waals surface area contributed by atoms with Gasteiger partial charge in [0, 0.05) is 10.6 Å². The van der Waals surface area contributed by atoms with Crippen molar-refractivity contribution in [3.05, 3.63) is 34.3 Å². The third kappa shape index (κ3) is 3.09. The number of ether oxygens (including phenoxy) is 1. The van der Waals surface area contributed by atoms with Crippen LogP contribution in [0.25, 0.3) is 0 Å². The second kappa shape index (κ2) is 5.64. The normalized spacial score (nSPS) is 15.7. The zero-order valence-electron chi connectivity index (χ0n) is 9.89. The minimum atomic E-state index is -0.370. The van der Waals surface area contributed by atoms with Gasteiger partial charge < -0.3 is 10.5 Å². The van der Waals surface area contributed by atoms with E-state index in [0.29, 0.717) is 16.1 Å². The van der Waals surface area contributed by atoms with E-state index in [-0.39, 0.29) is 36.6 Å². The standard InChI is InChI=1S/C12H11ClN2O3S/c13-9-3-7(12(14)19)1-2-8(9)4-15-10(16)5-18-6-11(15)17/h1-3H,4-6H2,(H2,14,19). The Morgan fingerprint density at radius 2 is 2.00 bits per heavy atom. The van der Waals surface area contributed by atoms with Crippen molar-refractivity contribution < 1.29 is 14.3 Å². The van der Waals surface area contributed by atoms with Crippen molar-refractivity contribution in [2.24, 2.45) is 5.73 Å². The van der Waals surface area contributed by atoms with Crippen LogP contribution in [0.2, 0.25) is 5.02 Å². The Kier molecular flexibility index (Phi) is 4.14. The number of hydrogen-bond donors (Lipinski definition) is 1. The quantitative estimate of drug-likeness (QED) is 0.662. The summed E-state index contributed by atoms with van der Waals surface area (Å²) in [6, 6.07) is 5.03. The molecule has 1 aromatic carbocycles. The minimum absolute atomic E-state index is 0.0890. The van der Waals surface area contributed by atoms with E-state index in [0.717, 1.165) is 4.90 Å². The first kappa shape index (κ1) is 13.9. The highest BCUT2D eigenvalue weighted by atomic mass is 35.5. The van der Waals surface area contributed by atoms with Crippen molar-refractivity contribution in [1.82, 2.24) is 4.90 Å². The lowest BCUT2D eigenvalue weighted by atomic mass is 10.1. The molecule has 2 N–H and O–H groups in total. The fourth-order valence-electron chi connectivity index (χ4n) is 1.70. The number of imide groups is 1. The first-order chi connectivity index (χ1) is 8.99. The number of amides is 2. The molecule has 0 aromatic heterocycles. The topological polar surface area (TPSA) is 72.6 Å². The largest absolute Gasteiger partial charge is 0.389 e. The lowest BCUT2D eigenvalue weighted by molar-refractivity contribution is -0.159. The van der Waals surface area contributed by atoms with Crippen LogP contribution in [0, 0.1) is 0 Å². The van der Waals surface area contributed by atoms with Gasteiger partial charge >= 0.3 is 0 Å². The highest BCUT2D eigenvalue weighted by molar-refractivity contribution is 7.80. The molecule has 2 amide bonds. The Bertz CT molecular complexity index is 546. The molecule has 1 fully saturated rings. The Hall–Kier alpha value is -1.50. The number of hydrogen-bond acceptors (Lipinski definition) is 4. The molecule has 1 aliphatic rings. The number of nitrogens with zero attached hydrogens (tertiary/aromatic N) is 1. The van der Waals surface area contributed by atoms with Crippen LogP contribution in [0.5, 0.6) is 0 Å². The van der Waals surface area contributed by atoms with Gasteiger partial charge in [-0.25, -0.2) is 0 Å². The third-order valence-corrected chi connectivity index (χ3v) is 3.31. The number of benzene rings is 1. The fourth-order valence-corrected chi connectivity index (χ4v) is 2.06. The second-order valence-corrected chi connectivity index (χ2v) is 4.88. The van der Waals surface area contributed by atoms with Crippen LogP contribution < -0.4 is 5.73 Å². The molecular formula is C12H11ClN2O3S. The van der Waals surface area contributed by atoms with E-state index in [1.807, 2.05) is 0 Å². The van der Waals surface area contributed by atoms with E-state index < -0.39 is 0 Å². The summed E-state index contributed by atoms with van der Waals surface area (Å²) in [6.07, 6.45) is 0. The molecule has 0 spiro atoms. The molecule has 100 valence electrons. The Morgan fingerprint density at radius 3 is 2.53 bits per heavy atom. The molecule has 5 nitrogen and oxygen atoms in total. The highest BCUT2D eigenvalue weighted by Crippen LogP contribution is 2.20. The number of nitrogens with two attached hydrogens (primary N) is 1. The lowest BCUT2D eigenvalue weighted by Gasteiger charge is -2.25. The maximum absolute atomic E-state index is 11.6. The molecule has 1 aromatic rings. The molecule has 0 radical (unpaired) electrons. The Labute approximate surface area is 120 Å². The van der Waals surface area contributed by atoms with E-state index in [1.165, 1.54) is 0 Å². The van der Waals surface area contributed by atoms with Crippen LogP contribution in [-0.2, 0) is 20.9 Å². The zero-order valence-corrected chi connectivity index (χ0v) is 11.5. The number of thiocarbonyl (C=S) groups is 1. The predicted octanol–water partition coefficient (Wildman–Crippen LogP) is 0.860. The van der Waals surface area contributed by atoms with E-state index in [4.69, 9.17) is 34.3 Å². The summed E-state index contributed by atoms with van der Waals surface area (Å²) in [4.78, 5) is 24.6. The van der Waals surface area contributed by atoms with Gasteiger partial charge in [0.15, 0.2) is 0 Å². The monoisotopic (exact) mass is 298 g/mol. The third-order valence-electron chi connectivity index (χ3n) is 2.72. The summed E-state index contributed by atoms with van der Waals surface area (Å²) in [5, 5.41) is 0.414. The molecule has 1 heterocycles. The van der Waals surface area contributed by atoms with Crippen LogP contribution in [0.15, 0.2) is 18.2 Å². The van der Waals surface area contributed by atoms with Crippen molar-refractivity contribution in [3.63, 3.8) is 0 Å². The van der Waals surface area contributed by atoms with Gasteiger partial charge in [0.2, 0.25) is 0 Å². The van der Waals surface area contributed by atoms with Gasteiger partial charge in [0.05, 0.1) is 6.54 Å². The molecule has 19 heavy (non-hydrogen) atoms. The fraction of sp³-hybridized carbons (Fsp3) is 0.250. The summed E-state index contributed by atoms with van der Waals surface area (Å²) in [5.41, 5.74) is 6.80. The summed E-state index contributed by atoms with van der Waals surface area (Å²) in [5.74, 6) is -0.739. The molecule has 2 rings (SSSR count). The van der Waals surface area contributed by atoms with E-state index in [2.05, 4.69) is 0 Å². The Balaban J connectivity index is 2.21. The number of carbonyl (C=O) groups excluding carboxylic acids is 2. The average molecular weight is 299 g/mol. The van der Waals surface area contributed by atoms with Gasteiger partial charge in [-0.1, -0.05) is 36.0 Å². The molecule has 1 saturated heterocycles. The maximum Gasteiger partial charge on any atom is 0.255 e. The predicted molar refractivity (Wildman–Crippen MR) is 73.7 cm³/mol. The molecule has 0 saturated carbocycles. The molecule has 0 aliphatic carbocycles. The number of halogens is 1. The number of rotatable bonds is 3. The molecule has 7 heteroatoms. The van der Waals surface area contributed by atoms with Crippen LogP contribution in [0.1, 0.15) is 11.1 Å². The second-order valence-electron chi connectivity index (χ2n) is 4.04. The van der Waals surface area contributed by atoms with E-state index in [1.54, 1.807) is 18.2 Å². The van der Waals surface area contributed by atoms with Crippen LogP contribution >= 0.6 is 23.8 Å². The van der Waals surface area contributed by atoms with E-state index >= 15 is 0 Å². The molecule has 0 atom stereocenters. The van der Waals surface area contributed by atoms with Gasteiger partial charge in [-0.05, 0) is 11.6 Å².